The van der Waals surface area contributed by atoms with Gasteiger partial charge in [0.1, 0.15) is 0 Å². The predicted molar refractivity (Wildman–Crippen MR) is 74.1 cm³/mol. The van der Waals surface area contributed by atoms with Crippen LogP contribution in [0.4, 0.5) is 0 Å². The molecule has 1 N–H and O–H groups in total. The molecule has 16 heavy (non-hydrogen) atoms. The van der Waals surface area contributed by atoms with Crippen molar-refractivity contribution in [3.63, 3.8) is 0 Å². The first-order chi connectivity index (χ1) is 7.50. The molecule has 0 aliphatic rings. The summed E-state index contributed by atoms with van der Waals surface area (Å²) in [6.45, 7) is 4.11. The lowest BCUT2D eigenvalue weighted by molar-refractivity contribution is 0.389. The zero-order valence-electron chi connectivity index (χ0n) is 9.93. The summed E-state index contributed by atoms with van der Waals surface area (Å²) in [6.07, 6.45) is 0. The Bertz CT molecular complexity index is 342. The minimum Gasteiger partial charge on any atom is -0.309 e. The minimum atomic E-state index is 0.278. The highest BCUT2D eigenvalue weighted by molar-refractivity contribution is 9.10. The van der Waals surface area contributed by atoms with Gasteiger partial charge in [-0.05, 0) is 38.7 Å². The largest absolute Gasteiger partial charge is 0.309 e. The van der Waals surface area contributed by atoms with Gasteiger partial charge in [-0.25, -0.2) is 0 Å². The third-order valence-corrected chi connectivity index (χ3v) is 3.26. The fraction of sp³-hybridized carbons (Fsp3) is 0.500. The normalized spacial score (nSPS) is 13.1. The maximum absolute atomic E-state index is 6.19. The summed E-state index contributed by atoms with van der Waals surface area (Å²) in [5.41, 5.74) is 1.14. The van der Waals surface area contributed by atoms with E-state index < -0.39 is 0 Å². The number of hydrogen-bond acceptors (Lipinski definition) is 2. The molecule has 0 aliphatic carbocycles. The van der Waals surface area contributed by atoms with Crippen LogP contribution in [-0.4, -0.2) is 32.1 Å². The van der Waals surface area contributed by atoms with Crippen LogP contribution >= 0.6 is 27.5 Å². The lowest BCUT2D eigenvalue weighted by Gasteiger charge is -2.17. The van der Waals surface area contributed by atoms with Gasteiger partial charge in [0.15, 0.2) is 0 Å². The van der Waals surface area contributed by atoms with E-state index in [1.807, 2.05) is 12.1 Å². The smallest absolute Gasteiger partial charge is 0.0464 e. The molecule has 1 aromatic rings. The highest BCUT2D eigenvalue weighted by Gasteiger charge is 2.08. The molecule has 0 saturated heterocycles. The van der Waals surface area contributed by atoms with E-state index >= 15 is 0 Å². The van der Waals surface area contributed by atoms with Crippen LogP contribution in [-0.2, 0) is 0 Å². The zero-order valence-corrected chi connectivity index (χ0v) is 12.3. The van der Waals surface area contributed by atoms with Crippen LogP contribution in [0, 0.1) is 0 Å². The molecule has 0 saturated carbocycles. The van der Waals surface area contributed by atoms with Crippen molar-refractivity contribution in [3.05, 3.63) is 33.3 Å². The second-order valence-corrected chi connectivity index (χ2v) is 5.47. The molecule has 0 heterocycles. The molecule has 0 aliphatic heterocycles. The van der Waals surface area contributed by atoms with Gasteiger partial charge in [-0.1, -0.05) is 33.6 Å². The first kappa shape index (κ1) is 14.0. The second-order valence-electron chi connectivity index (χ2n) is 4.14. The summed E-state index contributed by atoms with van der Waals surface area (Å²) in [5, 5.41) is 4.25. The molecule has 4 heteroatoms. The molecule has 0 spiro atoms. The van der Waals surface area contributed by atoms with Crippen molar-refractivity contribution in [1.82, 2.24) is 10.2 Å². The van der Waals surface area contributed by atoms with Gasteiger partial charge >= 0.3 is 0 Å². The number of halogens is 2. The Kier molecular flexibility index (Phi) is 5.76. The molecule has 2 nitrogen and oxygen atoms in total. The van der Waals surface area contributed by atoms with Crippen LogP contribution in [0.5, 0.6) is 0 Å². The van der Waals surface area contributed by atoms with E-state index in [9.17, 15) is 0 Å². The van der Waals surface area contributed by atoms with Gasteiger partial charge in [-0.15, -0.1) is 0 Å². The SMILES string of the molecule is CC(NCCN(C)C)c1ccc(Br)cc1Cl. The summed E-state index contributed by atoms with van der Waals surface area (Å²) >= 11 is 9.59. The van der Waals surface area contributed by atoms with Crippen LogP contribution < -0.4 is 5.32 Å². The third kappa shape index (κ3) is 4.42. The summed E-state index contributed by atoms with van der Waals surface area (Å²) < 4.78 is 1.02. The quantitative estimate of drug-likeness (QED) is 0.898. The Morgan fingerprint density at radius 2 is 2.12 bits per heavy atom. The molecule has 1 unspecified atom stereocenters. The Labute approximate surface area is 111 Å². The molecule has 90 valence electrons. The lowest BCUT2D eigenvalue weighted by Crippen LogP contribution is -2.28. The monoisotopic (exact) mass is 304 g/mol. The summed E-state index contributed by atoms with van der Waals surface area (Å²) in [5.74, 6) is 0. The molecular formula is C12H18BrClN2. The number of nitrogens with zero attached hydrogens (tertiary/aromatic N) is 1. The van der Waals surface area contributed by atoms with E-state index in [1.54, 1.807) is 0 Å². The fourth-order valence-electron chi connectivity index (χ4n) is 1.47. The first-order valence-corrected chi connectivity index (χ1v) is 6.51. The number of rotatable bonds is 5. The molecule has 0 radical (unpaired) electrons. The highest BCUT2D eigenvalue weighted by Crippen LogP contribution is 2.26. The van der Waals surface area contributed by atoms with Gasteiger partial charge in [-0.2, -0.15) is 0 Å². The summed E-state index contributed by atoms with van der Waals surface area (Å²) in [4.78, 5) is 2.16. The van der Waals surface area contributed by atoms with Crippen molar-refractivity contribution in [2.45, 2.75) is 13.0 Å². The number of hydrogen-bond donors (Lipinski definition) is 1. The van der Waals surface area contributed by atoms with Gasteiger partial charge < -0.3 is 10.2 Å². The van der Waals surface area contributed by atoms with E-state index in [-0.39, 0.29) is 6.04 Å². The minimum absolute atomic E-state index is 0.278. The van der Waals surface area contributed by atoms with E-state index in [4.69, 9.17) is 11.6 Å². The average Bonchev–Trinajstić information content (AvgIpc) is 2.16. The number of nitrogens with one attached hydrogen (secondary N) is 1. The van der Waals surface area contributed by atoms with Crippen LogP contribution in [0.3, 0.4) is 0 Å². The van der Waals surface area contributed by atoms with Crippen molar-refractivity contribution >= 4 is 27.5 Å². The third-order valence-electron chi connectivity index (χ3n) is 2.44. The number of benzene rings is 1. The zero-order chi connectivity index (χ0) is 12.1. The van der Waals surface area contributed by atoms with Crippen molar-refractivity contribution in [1.29, 1.82) is 0 Å². The molecule has 1 aromatic carbocycles. The molecule has 0 bridgehead atoms. The Hall–Kier alpha value is -0.0900. The van der Waals surface area contributed by atoms with E-state index in [0.717, 1.165) is 28.1 Å². The van der Waals surface area contributed by atoms with Gasteiger partial charge in [0.05, 0.1) is 0 Å². The standard InChI is InChI=1S/C12H18BrClN2/c1-9(15-6-7-16(2)3)11-5-4-10(13)8-12(11)14/h4-5,8-9,15H,6-7H2,1-3H3. The van der Waals surface area contributed by atoms with E-state index in [1.165, 1.54) is 0 Å². The molecule has 1 atom stereocenters. The van der Waals surface area contributed by atoms with Crippen LogP contribution in [0.15, 0.2) is 22.7 Å². The highest BCUT2D eigenvalue weighted by atomic mass is 79.9. The van der Waals surface area contributed by atoms with Crippen molar-refractivity contribution in [2.75, 3.05) is 27.2 Å². The molecule has 0 fully saturated rings. The number of likely N-dealkylation sites (N-methyl/N-ethyl adjacent to an activating group) is 1. The first-order valence-electron chi connectivity index (χ1n) is 5.33. The van der Waals surface area contributed by atoms with Gasteiger partial charge in [-0.3, -0.25) is 0 Å². The van der Waals surface area contributed by atoms with E-state index in [0.29, 0.717) is 0 Å². The van der Waals surface area contributed by atoms with Gasteiger partial charge in [0, 0.05) is 28.6 Å². The Balaban J connectivity index is 2.55. The van der Waals surface area contributed by atoms with Crippen molar-refractivity contribution in [2.24, 2.45) is 0 Å². The predicted octanol–water partition coefficient (Wildman–Crippen LogP) is 3.31. The topological polar surface area (TPSA) is 15.3 Å². The van der Waals surface area contributed by atoms with Crippen LogP contribution in [0.25, 0.3) is 0 Å². The Morgan fingerprint density at radius 1 is 1.44 bits per heavy atom. The average molecular weight is 306 g/mol. The van der Waals surface area contributed by atoms with Crippen LogP contribution in [0.1, 0.15) is 18.5 Å². The maximum Gasteiger partial charge on any atom is 0.0464 e. The molecule has 0 amide bonds. The summed E-state index contributed by atoms with van der Waals surface area (Å²) in [7, 11) is 4.14. The van der Waals surface area contributed by atoms with Crippen molar-refractivity contribution in [3.8, 4) is 0 Å². The maximum atomic E-state index is 6.19. The van der Waals surface area contributed by atoms with E-state index in [2.05, 4.69) is 53.2 Å². The lowest BCUT2D eigenvalue weighted by atomic mass is 10.1. The fourth-order valence-corrected chi connectivity index (χ4v) is 2.30. The molecule has 0 aromatic heterocycles. The molecular weight excluding hydrogens is 288 g/mol. The Morgan fingerprint density at radius 3 is 2.69 bits per heavy atom. The van der Waals surface area contributed by atoms with Crippen LogP contribution in [0.2, 0.25) is 5.02 Å². The molecule has 1 rings (SSSR count). The van der Waals surface area contributed by atoms with Crippen molar-refractivity contribution < 1.29 is 0 Å². The second kappa shape index (κ2) is 6.60. The summed E-state index contributed by atoms with van der Waals surface area (Å²) in [6, 6.07) is 6.28. The van der Waals surface area contributed by atoms with Gasteiger partial charge in [0.25, 0.3) is 0 Å². The van der Waals surface area contributed by atoms with Gasteiger partial charge in [0.2, 0.25) is 0 Å².